The largest absolute Gasteiger partial charge is 0.303 e. The van der Waals surface area contributed by atoms with Gasteiger partial charge >= 0.3 is 0 Å². The van der Waals surface area contributed by atoms with Gasteiger partial charge in [-0.2, -0.15) is 0 Å². The molecule has 1 saturated carbocycles. The number of hydrogen-bond acceptors (Lipinski definition) is 1. The van der Waals surface area contributed by atoms with Crippen LogP contribution in [0.25, 0.3) is 0 Å². The third-order valence-electron chi connectivity index (χ3n) is 1.06. The first-order valence-corrected chi connectivity index (χ1v) is 2.88. The van der Waals surface area contributed by atoms with E-state index < -0.39 is 0 Å². The Bertz CT molecular complexity index is 85.7. The van der Waals surface area contributed by atoms with E-state index in [1.807, 2.05) is 0 Å². The number of alkyl halides is 2. The number of carbonyl (C=O) groups excluding carboxylic acids is 1. The second kappa shape index (κ2) is 1.64. The first kappa shape index (κ1) is 5.39. The van der Waals surface area contributed by atoms with Crippen molar-refractivity contribution in [3.8, 4) is 0 Å². The zero-order chi connectivity index (χ0) is 5.44. The van der Waals surface area contributed by atoms with Crippen LogP contribution in [0.1, 0.15) is 0 Å². The van der Waals surface area contributed by atoms with Crippen LogP contribution in [0.2, 0.25) is 0 Å². The lowest BCUT2D eigenvalue weighted by atomic mass is 10.5. The number of aldehydes is 1. The molecule has 1 fully saturated rings. The lowest BCUT2D eigenvalue weighted by molar-refractivity contribution is -0.108. The molecule has 0 N–H and O–H groups in total. The van der Waals surface area contributed by atoms with E-state index in [2.05, 4.69) is 0 Å². The Morgan fingerprint density at radius 3 is 1.71 bits per heavy atom. The zero-order valence-electron chi connectivity index (χ0n) is 3.47. The third-order valence-corrected chi connectivity index (χ3v) is 2.31. The maximum Gasteiger partial charge on any atom is 0.126 e. The fraction of sp³-hybridized carbons (Fsp3) is 0.750. The van der Waals surface area contributed by atoms with Crippen LogP contribution in [0.5, 0.6) is 0 Å². The Morgan fingerprint density at radius 1 is 1.29 bits per heavy atom. The van der Waals surface area contributed by atoms with Crippen molar-refractivity contribution in [2.75, 3.05) is 0 Å². The van der Waals surface area contributed by atoms with E-state index in [0.29, 0.717) is 0 Å². The minimum Gasteiger partial charge on any atom is -0.303 e. The van der Waals surface area contributed by atoms with Crippen molar-refractivity contribution < 1.29 is 4.79 Å². The van der Waals surface area contributed by atoms with Gasteiger partial charge in [0.1, 0.15) is 6.29 Å². The standard InChI is InChI=1S/C4H4Cl2O/c5-3-2(1-7)4(3)6/h1-4H. The fourth-order valence-electron chi connectivity index (χ4n) is 0.410. The molecule has 1 aliphatic carbocycles. The van der Waals surface area contributed by atoms with Gasteiger partial charge in [-0.15, -0.1) is 23.2 Å². The molecule has 7 heavy (non-hydrogen) atoms. The fourth-order valence-corrected chi connectivity index (χ4v) is 1.08. The predicted molar refractivity (Wildman–Crippen MR) is 28.8 cm³/mol. The quantitative estimate of drug-likeness (QED) is 0.391. The van der Waals surface area contributed by atoms with Gasteiger partial charge in [-0.1, -0.05) is 0 Å². The van der Waals surface area contributed by atoms with E-state index in [-0.39, 0.29) is 16.7 Å². The van der Waals surface area contributed by atoms with Crippen LogP contribution in [0.3, 0.4) is 0 Å². The highest BCUT2D eigenvalue weighted by Crippen LogP contribution is 2.39. The van der Waals surface area contributed by atoms with Gasteiger partial charge in [0.25, 0.3) is 0 Å². The highest BCUT2D eigenvalue weighted by molar-refractivity contribution is 6.36. The lowest BCUT2D eigenvalue weighted by Crippen LogP contribution is -1.77. The summed E-state index contributed by atoms with van der Waals surface area (Å²) >= 11 is 10.9. The van der Waals surface area contributed by atoms with Crippen molar-refractivity contribution >= 4 is 29.5 Å². The average molecular weight is 139 g/mol. The maximum absolute atomic E-state index is 9.82. The van der Waals surface area contributed by atoms with Crippen LogP contribution in [0, 0.1) is 5.92 Å². The molecule has 0 bridgehead atoms. The van der Waals surface area contributed by atoms with Crippen molar-refractivity contribution in [1.29, 1.82) is 0 Å². The summed E-state index contributed by atoms with van der Waals surface area (Å²) in [5.74, 6) is -0.0802. The van der Waals surface area contributed by atoms with Gasteiger partial charge in [-0.05, 0) is 0 Å². The summed E-state index contributed by atoms with van der Waals surface area (Å²) in [6.07, 6.45) is 0.801. The van der Waals surface area contributed by atoms with Gasteiger partial charge in [0.2, 0.25) is 0 Å². The van der Waals surface area contributed by atoms with E-state index in [9.17, 15) is 4.79 Å². The molecule has 0 amide bonds. The summed E-state index contributed by atoms with van der Waals surface area (Å²) in [6.45, 7) is 0. The molecule has 3 heteroatoms. The van der Waals surface area contributed by atoms with E-state index in [1.165, 1.54) is 0 Å². The Morgan fingerprint density at radius 2 is 1.71 bits per heavy atom. The highest BCUT2D eigenvalue weighted by Gasteiger charge is 2.47. The van der Waals surface area contributed by atoms with Crippen molar-refractivity contribution in [3.63, 3.8) is 0 Å². The zero-order valence-corrected chi connectivity index (χ0v) is 4.99. The Balaban J connectivity index is 2.37. The van der Waals surface area contributed by atoms with Crippen LogP contribution in [-0.2, 0) is 4.79 Å². The van der Waals surface area contributed by atoms with Crippen LogP contribution < -0.4 is 0 Å². The minimum atomic E-state index is -0.0980. The minimum absolute atomic E-state index is 0.0802. The Hall–Kier alpha value is 0.250. The monoisotopic (exact) mass is 138 g/mol. The van der Waals surface area contributed by atoms with Gasteiger partial charge in [0, 0.05) is 0 Å². The predicted octanol–water partition coefficient (Wildman–Crippen LogP) is 1.03. The van der Waals surface area contributed by atoms with Crippen LogP contribution in [-0.4, -0.2) is 17.0 Å². The topological polar surface area (TPSA) is 17.1 Å². The van der Waals surface area contributed by atoms with Gasteiger partial charge < -0.3 is 4.79 Å². The molecule has 0 saturated heterocycles. The molecule has 0 aromatic rings. The molecule has 0 aliphatic heterocycles. The molecule has 0 spiro atoms. The smallest absolute Gasteiger partial charge is 0.126 e. The van der Waals surface area contributed by atoms with Crippen LogP contribution in [0.4, 0.5) is 0 Å². The van der Waals surface area contributed by atoms with Crippen LogP contribution >= 0.6 is 23.2 Å². The third kappa shape index (κ3) is 0.752. The Labute approximate surface area is 51.6 Å². The summed E-state index contributed by atoms with van der Waals surface area (Å²) in [5, 5.41) is -0.196. The second-order valence-electron chi connectivity index (χ2n) is 1.60. The first-order valence-electron chi connectivity index (χ1n) is 2.01. The van der Waals surface area contributed by atoms with E-state index in [4.69, 9.17) is 23.2 Å². The molecule has 1 rings (SSSR count). The second-order valence-corrected chi connectivity index (χ2v) is 2.61. The van der Waals surface area contributed by atoms with E-state index >= 15 is 0 Å². The van der Waals surface area contributed by atoms with E-state index in [0.717, 1.165) is 6.29 Å². The van der Waals surface area contributed by atoms with Gasteiger partial charge in [-0.25, -0.2) is 0 Å². The van der Waals surface area contributed by atoms with Gasteiger partial charge in [-0.3, -0.25) is 0 Å². The number of carbonyl (C=O) groups is 1. The Kier molecular flexibility index (Phi) is 1.26. The molecule has 0 aromatic heterocycles. The molecule has 40 valence electrons. The summed E-state index contributed by atoms with van der Waals surface area (Å²) in [5.41, 5.74) is 0. The molecule has 0 aromatic carbocycles. The molecule has 1 nitrogen and oxygen atoms in total. The SMILES string of the molecule is O=CC1C(Cl)C1Cl. The summed E-state index contributed by atoms with van der Waals surface area (Å²) in [6, 6.07) is 0. The molecule has 2 unspecified atom stereocenters. The molecule has 2 atom stereocenters. The number of hydrogen-bond donors (Lipinski definition) is 0. The summed E-state index contributed by atoms with van der Waals surface area (Å²) in [7, 11) is 0. The van der Waals surface area contributed by atoms with Crippen molar-refractivity contribution in [2.24, 2.45) is 5.92 Å². The molecule has 0 heterocycles. The van der Waals surface area contributed by atoms with Crippen molar-refractivity contribution in [3.05, 3.63) is 0 Å². The first-order chi connectivity index (χ1) is 3.27. The van der Waals surface area contributed by atoms with Crippen LogP contribution in [0.15, 0.2) is 0 Å². The summed E-state index contributed by atoms with van der Waals surface area (Å²) in [4.78, 5) is 9.82. The molecular weight excluding hydrogens is 135 g/mol. The molecule has 0 radical (unpaired) electrons. The molecular formula is C4H4Cl2O. The average Bonchev–Trinajstić information content (AvgIpc) is 2.17. The van der Waals surface area contributed by atoms with Gasteiger partial charge in [0.05, 0.1) is 16.7 Å². The number of halogens is 2. The molecule has 1 aliphatic rings. The van der Waals surface area contributed by atoms with Crippen molar-refractivity contribution in [2.45, 2.75) is 10.8 Å². The van der Waals surface area contributed by atoms with Gasteiger partial charge in [0.15, 0.2) is 0 Å². The normalized spacial score (nSPS) is 48.6. The highest BCUT2D eigenvalue weighted by atomic mass is 35.5. The summed E-state index contributed by atoms with van der Waals surface area (Å²) < 4.78 is 0. The van der Waals surface area contributed by atoms with Crippen molar-refractivity contribution in [1.82, 2.24) is 0 Å². The van der Waals surface area contributed by atoms with E-state index in [1.54, 1.807) is 0 Å². The lowest BCUT2D eigenvalue weighted by Gasteiger charge is -1.64. The number of rotatable bonds is 1. The maximum atomic E-state index is 9.82.